The van der Waals surface area contributed by atoms with Gasteiger partial charge in [0, 0.05) is 24.2 Å². The maximum Gasteiger partial charge on any atom is 0.416 e. The van der Waals surface area contributed by atoms with Gasteiger partial charge in [-0.2, -0.15) is 13.2 Å². The van der Waals surface area contributed by atoms with Gasteiger partial charge in [0.2, 0.25) is 17.7 Å². The zero-order valence-electron chi connectivity index (χ0n) is 20.2. The Bertz CT molecular complexity index is 1430. The molecule has 0 bridgehead atoms. The average molecular weight is 565 g/mol. The lowest BCUT2D eigenvalue weighted by atomic mass is 9.85. The number of anilines is 1. The minimum atomic E-state index is -4.67. The molecule has 2 aliphatic rings. The van der Waals surface area contributed by atoms with Crippen LogP contribution < -0.4 is 15.6 Å². The second-order valence-electron chi connectivity index (χ2n) is 8.95. The fourth-order valence-corrected chi connectivity index (χ4v) is 5.44. The number of rotatable bonds is 7. The predicted octanol–water partition coefficient (Wildman–Crippen LogP) is 2.61. The Morgan fingerprint density at radius 3 is 2.21 bits per heavy atom. The quantitative estimate of drug-likeness (QED) is 0.268. The van der Waals surface area contributed by atoms with Crippen molar-refractivity contribution in [3.8, 4) is 0 Å². The van der Waals surface area contributed by atoms with Crippen molar-refractivity contribution >= 4 is 39.3 Å². The molecule has 2 aromatic carbocycles. The van der Waals surface area contributed by atoms with Crippen LogP contribution in [0.5, 0.6) is 0 Å². The first-order valence-corrected chi connectivity index (χ1v) is 13.2. The van der Waals surface area contributed by atoms with E-state index in [1.54, 1.807) is 0 Å². The fraction of sp³-hybridized carbons (Fsp3) is 0.280. The van der Waals surface area contributed by atoms with Crippen molar-refractivity contribution in [2.75, 3.05) is 11.3 Å². The number of alkyl halides is 3. The van der Waals surface area contributed by atoms with Crippen LogP contribution in [0.2, 0.25) is 0 Å². The molecule has 0 saturated carbocycles. The van der Waals surface area contributed by atoms with E-state index in [0.29, 0.717) is 18.9 Å². The number of amides is 4. The van der Waals surface area contributed by atoms with Crippen molar-refractivity contribution in [1.29, 1.82) is 0 Å². The van der Waals surface area contributed by atoms with Gasteiger partial charge in [0.25, 0.3) is 15.9 Å². The lowest BCUT2D eigenvalue weighted by molar-refractivity contribution is -0.140. The number of hydrogen-bond donors (Lipinski definition) is 3. The number of hydrazine groups is 1. The topological polar surface area (TPSA) is 142 Å². The van der Waals surface area contributed by atoms with Crippen LogP contribution in [-0.2, 0) is 30.6 Å². The third-order valence-electron chi connectivity index (χ3n) is 6.33. The molecule has 206 valence electrons. The zero-order valence-corrected chi connectivity index (χ0v) is 21.0. The Morgan fingerprint density at radius 1 is 0.923 bits per heavy atom. The number of nitrogens with one attached hydrogen (secondary N) is 3. The molecule has 1 heterocycles. The van der Waals surface area contributed by atoms with Crippen LogP contribution in [0.1, 0.15) is 35.2 Å². The summed E-state index contributed by atoms with van der Waals surface area (Å²) in [7, 11) is -4.36. The summed E-state index contributed by atoms with van der Waals surface area (Å²) in [6.45, 7) is -0.151. The Morgan fingerprint density at radius 2 is 1.56 bits per heavy atom. The SMILES string of the molecule is O=C(CCN1C(=O)[C@H]2CC=CC[C@H]2C1=O)NNC(=O)c1cccc(S(=O)(=O)Nc2cccc(C(F)(F)F)c2)c1. The van der Waals surface area contributed by atoms with Crippen molar-refractivity contribution in [1.82, 2.24) is 15.8 Å². The first-order chi connectivity index (χ1) is 18.4. The number of imide groups is 1. The summed E-state index contributed by atoms with van der Waals surface area (Å²) in [4.78, 5) is 50.3. The van der Waals surface area contributed by atoms with Gasteiger partial charge in [0.1, 0.15) is 0 Å². The minimum Gasteiger partial charge on any atom is -0.282 e. The molecule has 1 fully saturated rings. The van der Waals surface area contributed by atoms with Crippen LogP contribution >= 0.6 is 0 Å². The monoisotopic (exact) mass is 564 g/mol. The van der Waals surface area contributed by atoms with Crippen molar-refractivity contribution in [2.24, 2.45) is 11.8 Å². The highest BCUT2D eigenvalue weighted by molar-refractivity contribution is 7.92. The molecule has 4 rings (SSSR count). The first kappa shape index (κ1) is 27.8. The smallest absolute Gasteiger partial charge is 0.282 e. The van der Waals surface area contributed by atoms with Gasteiger partial charge in [-0.3, -0.25) is 39.7 Å². The van der Waals surface area contributed by atoms with E-state index in [1.165, 1.54) is 12.1 Å². The van der Waals surface area contributed by atoms with E-state index in [4.69, 9.17) is 0 Å². The number of fused-ring (bicyclic) bond motifs is 1. The number of carbonyl (C=O) groups excluding carboxylic acids is 4. The van der Waals surface area contributed by atoms with Gasteiger partial charge in [0.15, 0.2) is 0 Å². The molecule has 1 aliphatic carbocycles. The van der Waals surface area contributed by atoms with E-state index in [0.717, 1.165) is 35.2 Å². The van der Waals surface area contributed by atoms with Crippen molar-refractivity contribution in [3.63, 3.8) is 0 Å². The van der Waals surface area contributed by atoms with Gasteiger partial charge < -0.3 is 0 Å². The summed E-state index contributed by atoms with van der Waals surface area (Å²) in [5.41, 5.74) is 2.74. The number of nitrogens with zero attached hydrogens (tertiary/aromatic N) is 1. The summed E-state index contributed by atoms with van der Waals surface area (Å²) in [5, 5.41) is 0. The highest BCUT2D eigenvalue weighted by atomic mass is 32.2. The molecular weight excluding hydrogens is 541 g/mol. The van der Waals surface area contributed by atoms with Crippen LogP contribution in [0.25, 0.3) is 0 Å². The predicted molar refractivity (Wildman–Crippen MR) is 131 cm³/mol. The molecular formula is C25H23F3N4O6S. The normalized spacial score (nSPS) is 19.0. The second kappa shape index (κ2) is 10.9. The van der Waals surface area contributed by atoms with Crippen LogP contribution in [0.15, 0.2) is 65.6 Å². The Balaban J connectivity index is 1.33. The Kier molecular flexibility index (Phi) is 7.77. The maximum atomic E-state index is 12.9. The van der Waals surface area contributed by atoms with Crippen molar-refractivity contribution in [3.05, 3.63) is 71.8 Å². The van der Waals surface area contributed by atoms with Gasteiger partial charge in [0.05, 0.1) is 22.3 Å². The molecule has 2 aromatic rings. The fourth-order valence-electron chi connectivity index (χ4n) is 4.34. The van der Waals surface area contributed by atoms with E-state index < -0.39 is 50.3 Å². The van der Waals surface area contributed by atoms with Crippen LogP contribution in [-0.4, -0.2) is 43.5 Å². The maximum absolute atomic E-state index is 12.9. The molecule has 0 unspecified atom stereocenters. The van der Waals surface area contributed by atoms with Gasteiger partial charge in [-0.05, 0) is 49.2 Å². The third kappa shape index (κ3) is 6.28. The number of allylic oxidation sites excluding steroid dienone is 2. The molecule has 1 saturated heterocycles. The molecule has 3 N–H and O–H groups in total. The zero-order chi connectivity index (χ0) is 28.4. The molecule has 10 nitrogen and oxygen atoms in total. The lowest BCUT2D eigenvalue weighted by Crippen LogP contribution is -2.43. The molecule has 14 heteroatoms. The molecule has 0 spiro atoms. The minimum absolute atomic E-state index is 0.151. The van der Waals surface area contributed by atoms with Gasteiger partial charge in [-0.1, -0.05) is 24.3 Å². The first-order valence-electron chi connectivity index (χ1n) is 11.8. The molecule has 1 aliphatic heterocycles. The third-order valence-corrected chi connectivity index (χ3v) is 7.70. The molecule has 4 amide bonds. The number of benzene rings is 2. The molecule has 2 atom stereocenters. The summed E-state index contributed by atoms with van der Waals surface area (Å²) >= 11 is 0. The van der Waals surface area contributed by atoms with Crippen molar-refractivity contribution in [2.45, 2.75) is 30.3 Å². The van der Waals surface area contributed by atoms with Gasteiger partial charge in [-0.25, -0.2) is 8.42 Å². The van der Waals surface area contributed by atoms with E-state index in [9.17, 15) is 40.8 Å². The largest absolute Gasteiger partial charge is 0.416 e. The number of likely N-dealkylation sites (tertiary alicyclic amines) is 1. The van der Waals surface area contributed by atoms with E-state index >= 15 is 0 Å². The summed E-state index contributed by atoms with van der Waals surface area (Å²) in [6.07, 6.45) is -0.296. The van der Waals surface area contributed by atoms with E-state index in [2.05, 4.69) is 10.9 Å². The number of sulfonamides is 1. The van der Waals surface area contributed by atoms with E-state index in [1.807, 2.05) is 16.9 Å². The average Bonchev–Trinajstić information content (AvgIpc) is 3.14. The van der Waals surface area contributed by atoms with Crippen molar-refractivity contribution < 1.29 is 40.8 Å². The van der Waals surface area contributed by atoms with Gasteiger partial charge >= 0.3 is 6.18 Å². The Hall–Kier alpha value is -4.20. The summed E-state index contributed by atoms with van der Waals surface area (Å²) in [6, 6.07) is 8.26. The van der Waals surface area contributed by atoms with Gasteiger partial charge in [-0.15, -0.1) is 0 Å². The van der Waals surface area contributed by atoms with Crippen LogP contribution in [0.4, 0.5) is 18.9 Å². The number of hydrogen-bond acceptors (Lipinski definition) is 6. The number of halogens is 3. The van der Waals surface area contributed by atoms with E-state index in [-0.39, 0.29) is 36.0 Å². The second-order valence-corrected chi connectivity index (χ2v) is 10.6. The summed E-state index contributed by atoms with van der Waals surface area (Å²) < 4.78 is 66.2. The molecule has 39 heavy (non-hydrogen) atoms. The highest BCUT2D eigenvalue weighted by Gasteiger charge is 2.46. The lowest BCUT2D eigenvalue weighted by Gasteiger charge is -2.15. The molecule has 0 aromatic heterocycles. The highest BCUT2D eigenvalue weighted by Crippen LogP contribution is 2.35. The Labute approximate surface area is 221 Å². The van der Waals surface area contributed by atoms with Crippen LogP contribution in [0, 0.1) is 11.8 Å². The van der Waals surface area contributed by atoms with Crippen LogP contribution in [0.3, 0.4) is 0 Å². The summed E-state index contributed by atoms with van der Waals surface area (Å²) in [5.74, 6) is -3.06. The standard InChI is InChI=1S/C25H23F3N4O6S/c26-25(27,28)16-6-4-7-17(14-16)31-39(37,38)18-8-3-5-15(13-18)22(34)30-29-21(33)11-12-32-23(35)19-9-1-2-10-20(19)24(32)36/h1-8,13-14,19-20,31H,9-12H2,(H,29,33)(H,30,34)/t19-,20+. The number of carbonyl (C=O) groups is 4. The molecule has 0 radical (unpaired) electrons.